The molecule has 0 aliphatic carbocycles. The van der Waals surface area contributed by atoms with E-state index < -0.39 is 11.6 Å². The van der Waals surface area contributed by atoms with E-state index in [0.29, 0.717) is 23.2 Å². The van der Waals surface area contributed by atoms with Crippen LogP contribution in [0.15, 0.2) is 42.5 Å². The Labute approximate surface area is 149 Å². The molecule has 0 aromatic heterocycles. The summed E-state index contributed by atoms with van der Waals surface area (Å²) in [4.78, 5) is 4.20. The van der Waals surface area contributed by atoms with Crippen molar-refractivity contribution in [2.75, 3.05) is 36.4 Å². The Hall–Kier alpha value is -1.92. The molecule has 0 amide bonds. The van der Waals surface area contributed by atoms with Crippen LogP contribution < -0.4 is 10.2 Å². The normalized spacial score (nSPS) is 14.6. The lowest BCUT2D eigenvalue weighted by Gasteiger charge is -2.37. The number of rotatable bonds is 2. The van der Waals surface area contributed by atoms with Gasteiger partial charge >= 0.3 is 0 Å². The average molecular weight is 368 g/mol. The summed E-state index contributed by atoms with van der Waals surface area (Å²) in [7, 11) is 0. The zero-order valence-corrected chi connectivity index (χ0v) is 14.4. The molecule has 0 unspecified atom stereocenters. The Balaban J connectivity index is 1.59. The van der Waals surface area contributed by atoms with Crippen molar-refractivity contribution in [2.24, 2.45) is 0 Å². The van der Waals surface area contributed by atoms with Gasteiger partial charge in [0.25, 0.3) is 0 Å². The molecule has 24 heavy (non-hydrogen) atoms. The molecule has 0 spiro atoms. The van der Waals surface area contributed by atoms with Crippen LogP contribution in [0.4, 0.5) is 20.2 Å². The van der Waals surface area contributed by atoms with E-state index in [9.17, 15) is 8.78 Å². The van der Waals surface area contributed by atoms with Gasteiger partial charge in [-0.05, 0) is 42.5 Å². The van der Waals surface area contributed by atoms with Gasteiger partial charge in [-0.15, -0.1) is 0 Å². The molecule has 1 heterocycles. The van der Waals surface area contributed by atoms with Crippen LogP contribution in [0.3, 0.4) is 0 Å². The van der Waals surface area contributed by atoms with Crippen molar-refractivity contribution in [2.45, 2.75) is 0 Å². The fourth-order valence-electron chi connectivity index (χ4n) is 2.63. The van der Waals surface area contributed by atoms with Gasteiger partial charge < -0.3 is 15.1 Å². The molecule has 0 saturated carbocycles. The predicted octanol–water partition coefficient (Wildman–Crippen LogP) is 4.14. The van der Waals surface area contributed by atoms with Gasteiger partial charge in [0.1, 0.15) is 11.6 Å². The van der Waals surface area contributed by atoms with Gasteiger partial charge in [0.05, 0.1) is 5.69 Å². The third-order valence-electron chi connectivity index (χ3n) is 3.91. The van der Waals surface area contributed by atoms with Crippen LogP contribution in [-0.4, -0.2) is 36.2 Å². The topological polar surface area (TPSA) is 18.5 Å². The zero-order chi connectivity index (χ0) is 17.1. The van der Waals surface area contributed by atoms with Gasteiger partial charge in [-0.2, -0.15) is 0 Å². The quantitative estimate of drug-likeness (QED) is 0.804. The van der Waals surface area contributed by atoms with E-state index >= 15 is 0 Å². The van der Waals surface area contributed by atoms with Crippen molar-refractivity contribution >= 4 is 40.3 Å². The van der Waals surface area contributed by atoms with Gasteiger partial charge in [-0.3, -0.25) is 0 Å². The molecule has 2 aromatic carbocycles. The molecule has 0 radical (unpaired) electrons. The summed E-state index contributed by atoms with van der Waals surface area (Å²) in [6.07, 6.45) is 0. The number of hydrogen-bond acceptors (Lipinski definition) is 2. The van der Waals surface area contributed by atoms with Crippen LogP contribution in [0, 0.1) is 11.6 Å². The highest BCUT2D eigenvalue weighted by Crippen LogP contribution is 2.21. The van der Waals surface area contributed by atoms with Crippen LogP contribution >= 0.6 is 23.8 Å². The lowest BCUT2D eigenvalue weighted by atomic mass is 10.2. The first kappa shape index (κ1) is 16.9. The second-order valence-electron chi connectivity index (χ2n) is 5.51. The van der Waals surface area contributed by atoms with E-state index in [4.69, 9.17) is 23.8 Å². The molecule has 1 fully saturated rings. The molecule has 3 rings (SSSR count). The van der Waals surface area contributed by atoms with Crippen molar-refractivity contribution in [3.63, 3.8) is 0 Å². The Kier molecular flexibility index (Phi) is 5.16. The van der Waals surface area contributed by atoms with E-state index in [1.165, 1.54) is 12.1 Å². The highest BCUT2D eigenvalue weighted by molar-refractivity contribution is 7.80. The minimum Gasteiger partial charge on any atom is -0.368 e. The summed E-state index contributed by atoms with van der Waals surface area (Å²) in [5.41, 5.74) is 1.25. The van der Waals surface area contributed by atoms with Crippen LogP contribution in [0.25, 0.3) is 0 Å². The van der Waals surface area contributed by atoms with Gasteiger partial charge in [-0.1, -0.05) is 17.7 Å². The summed E-state index contributed by atoms with van der Waals surface area (Å²) in [6.45, 7) is 2.99. The minimum absolute atomic E-state index is 0.179. The lowest BCUT2D eigenvalue weighted by Crippen LogP contribution is -2.50. The second-order valence-corrected chi connectivity index (χ2v) is 6.33. The van der Waals surface area contributed by atoms with Crippen LogP contribution in [0.5, 0.6) is 0 Å². The van der Waals surface area contributed by atoms with E-state index in [-0.39, 0.29) is 5.69 Å². The molecule has 0 bridgehead atoms. The van der Waals surface area contributed by atoms with E-state index in [1.54, 1.807) is 0 Å². The monoisotopic (exact) mass is 367 g/mol. The third kappa shape index (κ3) is 3.94. The Morgan fingerprint density at radius 3 is 2.46 bits per heavy atom. The molecule has 1 aliphatic rings. The first-order valence-corrected chi connectivity index (χ1v) is 8.33. The number of piperazine rings is 1. The van der Waals surface area contributed by atoms with Crippen molar-refractivity contribution < 1.29 is 8.78 Å². The molecule has 7 heteroatoms. The molecule has 2 aromatic rings. The number of anilines is 2. The Morgan fingerprint density at radius 2 is 1.79 bits per heavy atom. The van der Waals surface area contributed by atoms with Crippen molar-refractivity contribution in [1.82, 2.24) is 4.90 Å². The van der Waals surface area contributed by atoms with Crippen molar-refractivity contribution in [3.05, 3.63) is 59.1 Å². The fourth-order valence-corrected chi connectivity index (χ4v) is 3.10. The first-order chi connectivity index (χ1) is 11.5. The van der Waals surface area contributed by atoms with E-state index in [2.05, 4.69) is 10.2 Å². The smallest absolute Gasteiger partial charge is 0.173 e. The van der Waals surface area contributed by atoms with Gasteiger partial charge in [0.15, 0.2) is 5.11 Å². The molecule has 1 saturated heterocycles. The van der Waals surface area contributed by atoms with Gasteiger partial charge in [-0.25, -0.2) is 8.78 Å². The maximum absolute atomic E-state index is 13.7. The molecular formula is C17H16ClF2N3S. The number of hydrogen-bond donors (Lipinski definition) is 1. The second kappa shape index (κ2) is 7.32. The Bertz CT molecular complexity index is 748. The van der Waals surface area contributed by atoms with Crippen molar-refractivity contribution in [1.29, 1.82) is 0 Å². The lowest BCUT2D eigenvalue weighted by molar-refractivity contribution is 0.391. The minimum atomic E-state index is -0.657. The molecule has 1 aliphatic heterocycles. The fraction of sp³-hybridized carbons (Fsp3) is 0.235. The third-order valence-corrected chi connectivity index (χ3v) is 4.51. The number of halogens is 3. The molecule has 0 atom stereocenters. The maximum Gasteiger partial charge on any atom is 0.173 e. The highest BCUT2D eigenvalue weighted by atomic mass is 35.5. The molecule has 126 valence electrons. The average Bonchev–Trinajstić information content (AvgIpc) is 2.57. The molecule has 1 N–H and O–H groups in total. The SMILES string of the molecule is Fc1ccc(NC(=S)N2CCN(c3cccc(Cl)c3)CC2)c(F)c1. The van der Waals surface area contributed by atoms with E-state index in [0.717, 1.165) is 24.8 Å². The number of nitrogens with zero attached hydrogens (tertiary/aromatic N) is 2. The molecule has 3 nitrogen and oxygen atoms in total. The first-order valence-electron chi connectivity index (χ1n) is 7.54. The zero-order valence-electron chi connectivity index (χ0n) is 12.8. The standard InChI is InChI=1S/C17H16ClF2N3S/c18-12-2-1-3-14(10-12)22-6-8-23(9-7-22)17(24)21-16-5-4-13(19)11-15(16)20/h1-5,10-11H,6-9H2,(H,21,24). The van der Waals surface area contributed by atoms with Gasteiger partial charge in [0, 0.05) is 43.0 Å². The van der Waals surface area contributed by atoms with Crippen molar-refractivity contribution in [3.8, 4) is 0 Å². The van der Waals surface area contributed by atoms with Gasteiger partial charge in [0.2, 0.25) is 0 Å². The van der Waals surface area contributed by atoms with Crippen LogP contribution in [0.2, 0.25) is 5.02 Å². The number of benzene rings is 2. The number of thiocarbonyl (C=S) groups is 1. The number of nitrogens with one attached hydrogen (secondary N) is 1. The van der Waals surface area contributed by atoms with Crippen LogP contribution in [-0.2, 0) is 0 Å². The predicted molar refractivity (Wildman–Crippen MR) is 97.8 cm³/mol. The summed E-state index contributed by atoms with van der Waals surface area (Å²) in [6, 6.07) is 11.1. The summed E-state index contributed by atoms with van der Waals surface area (Å²) >= 11 is 11.4. The Morgan fingerprint density at radius 1 is 1.04 bits per heavy atom. The summed E-state index contributed by atoms with van der Waals surface area (Å²) < 4.78 is 26.6. The molecular weight excluding hydrogens is 352 g/mol. The summed E-state index contributed by atoms with van der Waals surface area (Å²) in [5, 5.41) is 3.99. The maximum atomic E-state index is 13.7. The highest BCUT2D eigenvalue weighted by Gasteiger charge is 2.20. The van der Waals surface area contributed by atoms with Crippen LogP contribution in [0.1, 0.15) is 0 Å². The largest absolute Gasteiger partial charge is 0.368 e. The van der Waals surface area contributed by atoms with E-state index in [1.807, 2.05) is 29.2 Å². The summed E-state index contributed by atoms with van der Waals surface area (Å²) in [5.74, 6) is -1.27.